The monoisotopic (exact) mass is 269 g/mol. The molecule has 0 heterocycles. The SMILES string of the molecule is CCCN(CC1CC1)CC1(O)CCC(C(=O)O)CC1. The van der Waals surface area contributed by atoms with Crippen LogP contribution in [0, 0.1) is 11.8 Å². The van der Waals surface area contributed by atoms with Gasteiger partial charge in [0.15, 0.2) is 0 Å². The van der Waals surface area contributed by atoms with E-state index < -0.39 is 11.6 Å². The highest BCUT2D eigenvalue weighted by molar-refractivity contribution is 5.70. The van der Waals surface area contributed by atoms with Gasteiger partial charge in [0.2, 0.25) is 0 Å². The summed E-state index contributed by atoms with van der Waals surface area (Å²) < 4.78 is 0. The average molecular weight is 269 g/mol. The lowest BCUT2D eigenvalue weighted by Gasteiger charge is -2.38. The lowest BCUT2D eigenvalue weighted by molar-refractivity contribution is -0.145. The van der Waals surface area contributed by atoms with Crippen LogP contribution in [0.3, 0.4) is 0 Å². The second-order valence-electron chi connectivity index (χ2n) is 6.52. The van der Waals surface area contributed by atoms with Crippen molar-refractivity contribution in [3.05, 3.63) is 0 Å². The van der Waals surface area contributed by atoms with Crippen molar-refractivity contribution in [1.29, 1.82) is 0 Å². The van der Waals surface area contributed by atoms with Crippen LogP contribution < -0.4 is 0 Å². The molecule has 0 unspecified atom stereocenters. The first kappa shape index (κ1) is 14.8. The predicted octanol–water partition coefficient (Wildman–Crippen LogP) is 2.11. The minimum atomic E-state index is -0.703. The van der Waals surface area contributed by atoms with Crippen LogP contribution in [0.5, 0.6) is 0 Å². The molecule has 2 N–H and O–H groups in total. The van der Waals surface area contributed by atoms with E-state index in [1.54, 1.807) is 0 Å². The van der Waals surface area contributed by atoms with Crippen molar-refractivity contribution in [3.8, 4) is 0 Å². The summed E-state index contributed by atoms with van der Waals surface area (Å²) in [7, 11) is 0. The van der Waals surface area contributed by atoms with E-state index in [0.717, 1.165) is 32.0 Å². The molecule has 110 valence electrons. The highest BCUT2D eigenvalue weighted by Crippen LogP contribution is 2.35. The van der Waals surface area contributed by atoms with Crippen molar-refractivity contribution < 1.29 is 15.0 Å². The van der Waals surface area contributed by atoms with Crippen molar-refractivity contribution in [2.75, 3.05) is 19.6 Å². The lowest BCUT2D eigenvalue weighted by atomic mass is 9.78. The molecule has 4 heteroatoms. The van der Waals surface area contributed by atoms with Gasteiger partial charge < -0.3 is 15.1 Å². The Kier molecular flexibility index (Phi) is 4.85. The van der Waals surface area contributed by atoms with E-state index in [4.69, 9.17) is 5.11 Å². The van der Waals surface area contributed by atoms with Crippen LogP contribution in [0.25, 0.3) is 0 Å². The summed E-state index contributed by atoms with van der Waals surface area (Å²) in [5.41, 5.74) is -0.657. The number of carbonyl (C=O) groups is 1. The van der Waals surface area contributed by atoms with Crippen molar-refractivity contribution in [2.45, 2.75) is 57.5 Å². The molecular weight excluding hydrogens is 242 g/mol. The first-order valence-corrected chi connectivity index (χ1v) is 7.70. The van der Waals surface area contributed by atoms with E-state index in [1.807, 2.05) is 0 Å². The smallest absolute Gasteiger partial charge is 0.306 e. The van der Waals surface area contributed by atoms with Crippen molar-refractivity contribution >= 4 is 5.97 Å². The number of carboxylic acid groups (broad SMARTS) is 1. The minimum absolute atomic E-state index is 0.247. The number of hydrogen-bond donors (Lipinski definition) is 2. The molecular formula is C15H27NO3. The van der Waals surface area contributed by atoms with Gasteiger partial charge in [-0.2, -0.15) is 0 Å². The summed E-state index contributed by atoms with van der Waals surface area (Å²) in [6, 6.07) is 0. The van der Waals surface area contributed by atoms with Crippen molar-refractivity contribution in [2.24, 2.45) is 11.8 Å². The molecule has 0 atom stereocenters. The molecule has 0 aromatic carbocycles. The average Bonchev–Trinajstić information content (AvgIpc) is 3.13. The van der Waals surface area contributed by atoms with Crippen LogP contribution in [0.4, 0.5) is 0 Å². The Balaban J connectivity index is 1.83. The van der Waals surface area contributed by atoms with Crippen LogP contribution in [0.15, 0.2) is 0 Å². The summed E-state index contributed by atoms with van der Waals surface area (Å²) in [6.45, 7) is 5.05. The van der Waals surface area contributed by atoms with E-state index in [9.17, 15) is 9.90 Å². The molecule has 0 radical (unpaired) electrons. The molecule has 0 aromatic rings. The zero-order valence-electron chi connectivity index (χ0n) is 12.0. The summed E-state index contributed by atoms with van der Waals surface area (Å²) in [4.78, 5) is 13.3. The molecule has 19 heavy (non-hydrogen) atoms. The van der Waals surface area contributed by atoms with Crippen molar-refractivity contribution in [3.63, 3.8) is 0 Å². The van der Waals surface area contributed by atoms with E-state index in [-0.39, 0.29) is 5.92 Å². The highest BCUT2D eigenvalue weighted by Gasteiger charge is 2.37. The standard InChI is InChI=1S/C15H27NO3/c1-2-9-16(10-12-3-4-12)11-15(19)7-5-13(6-8-15)14(17)18/h12-13,19H,2-11H2,1H3,(H,17,18). The van der Waals surface area contributed by atoms with Crippen molar-refractivity contribution in [1.82, 2.24) is 4.90 Å². The molecule has 0 aliphatic heterocycles. The molecule has 0 aromatic heterocycles. The van der Waals surface area contributed by atoms with Gasteiger partial charge in [0, 0.05) is 13.1 Å². The maximum absolute atomic E-state index is 11.0. The number of aliphatic carboxylic acids is 1. The fourth-order valence-electron chi connectivity index (χ4n) is 3.19. The summed E-state index contributed by atoms with van der Waals surface area (Å²) >= 11 is 0. The van der Waals surface area contributed by atoms with E-state index >= 15 is 0 Å². The normalized spacial score (nSPS) is 31.6. The topological polar surface area (TPSA) is 60.8 Å². The van der Waals surface area contributed by atoms with E-state index in [0.29, 0.717) is 25.7 Å². The number of carboxylic acids is 1. The van der Waals surface area contributed by atoms with E-state index in [1.165, 1.54) is 12.8 Å². The second-order valence-corrected chi connectivity index (χ2v) is 6.52. The Labute approximate surface area is 115 Å². The largest absolute Gasteiger partial charge is 0.481 e. The summed E-state index contributed by atoms with van der Waals surface area (Å²) in [6.07, 6.45) is 6.29. The van der Waals surface area contributed by atoms with Gasteiger partial charge in [-0.05, 0) is 57.4 Å². The first-order valence-electron chi connectivity index (χ1n) is 7.70. The fraction of sp³-hybridized carbons (Fsp3) is 0.933. The van der Waals surface area contributed by atoms with Crippen LogP contribution in [0.2, 0.25) is 0 Å². The van der Waals surface area contributed by atoms with Gasteiger partial charge in [0.25, 0.3) is 0 Å². The highest BCUT2D eigenvalue weighted by atomic mass is 16.4. The van der Waals surface area contributed by atoms with Gasteiger partial charge in [-0.15, -0.1) is 0 Å². The zero-order valence-corrected chi connectivity index (χ0v) is 12.0. The number of hydrogen-bond acceptors (Lipinski definition) is 3. The lowest BCUT2D eigenvalue weighted by Crippen LogP contribution is -2.47. The van der Waals surface area contributed by atoms with Gasteiger partial charge in [-0.3, -0.25) is 4.79 Å². The van der Waals surface area contributed by atoms with Gasteiger partial charge in [0.1, 0.15) is 0 Å². The Hall–Kier alpha value is -0.610. The van der Waals surface area contributed by atoms with Gasteiger partial charge in [0.05, 0.1) is 11.5 Å². The summed E-state index contributed by atoms with van der Waals surface area (Å²) in [5.74, 6) is -0.112. The molecule has 2 fully saturated rings. The molecule has 2 aliphatic rings. The Morgan fingerprint density at radius 1 is 1.26 bits per heavy atom. The number of nitrogens with zero attached hydrogens (tertiary/aromatic N) is 1. The predicted molar refractivity (Wildman–Crippen MR) is 74.0 cm³/mol. The Morgan fingerprint density at radius 3 is 2.37 bits per heavy atom. The molecule has 2 saturated carbocycles. The van der Waals surface area contributed by atoms with Gasteiger partial charge in [-0.1, -0.05) is 6.92 Å². The Morgan fingerprint density at radius 2 is 1.89 bits per heavy atom. The molecule has 4 nitrogen and oxygen atoms in total. The van der Waals surface area contributed by atoms with Crippen LogP contribution in [-0.2, 0) is 4.79 Å². The molecule has 0 saturated heterocycles. The first-order chi connectivity index (χ1) is 9.02. The summed E-state index contributed by atoms with van der Waals surface area (Å²) in [5, 5.41) is 19.7. The van der Waals surface area contributed by atoms with Gasteiger partial charge in [-0.25, -0.2) is 0 Å². The number of aliphatic hydroxyl groups is 1. The van der Waals surface area contributed by atoms with Crippen LogP contribution in [0.1, 0.15) is 51.9 Å². The van der Waals surface area contributed by atoms with Crippen LogP contribution >= 0.6 is 0 Å². The van der Waals surface area contributed by atoms with Gasteiger partial charge >= 0.3 is 5.97 Å². The molecule has 2 aliphatic carbocycles. The fourth-order valence-corrected chi connectivity index (χ4v) is 3.19. The third-order valence-corrected chi connectivity index (χ3v) is 4.54. The molecule has 0 amide bonds. The zero-order chi connectivity index (χ0) is 13.9. The quantitative estimate of drug-likeness (QED) is 0.743. The number of rotatable bonds is 7. The second kappa shape index (κ2) is 6.23. The molecule has 2 rings (SSSR count). The minimum Gasteiger partial charge on any atom is -0.481 e. The third kappa shape index (κ3) is 4.46. The third-order valence-electron chi connectivity index (χ3n) is 4.54. The molecule has 0 bridgehead atoms. The maximum Gasteiger partial charge on any atom is 0.306 e. The Bertz CT molecular complexity index is 307. The van der Waals surface area contributed by atoms with Crippen LogP contribution in [-0.4, -0.2) is 46.3 Å². The molecule has 0 spiro atoms. The van der Waals surface area contributed by atoms with E-state index in [2.05, 4.69) is 11.8 Å². The maximum atomic E-state index is 11.0.